The molecule has 0 atom stereocenters. The number of aryl methyl sites for hydroxylation is 1. The average Bonchev–Trinajstić information content (AvgIpc) is 2.84. The van der Waals surface area contributed by atoms with Crippen molar-refractivity contribution in [2.45, 2.75) is 13.5 Å². The summed E-state index contributed by atoms with van der Waals surface area (Å²) in [4.78, 5) is 16.6. The number of carbonyl (C=O) groups excluding carboxylic acids is 1. The van der Waals surface area contributed by atoms with Crippen molar-refractivity contribution in [3.8, 4) is 0 Å². The summed E-state index contributed by atoms with van der Waals surface area (Å²) in [6.07, 6.45) is 0. The Balaban J connectivity index is 1.66. The molecule has 4 nitrogen and oxygen atoms in total. The van der Waals surface area contributed by atoms with Gasteiger partial charge in [0.2, 0.25) is 0 Å². The van der Waals surface area contributed by atoms with Crippen LogP contribution in [0.3, 0.4) is 0 Å². The number of para-hydroxylation sites is 2. The third-order valence-electron chi connectivity index (χ3n) is 3.57. The van der Waals surface area contributed by atoms with Gasteiger partial charge in [-0.3, -0.25) is 4.79 Å². The van der Waals surface area contributed by atoms with Gasteiger partial charge in [0, 0.05) is 23.7 Å². The largest absolute Gasteiger partial charge is 0.350 e. The van der Waals surface area contributed by atoms with Gasteiger partial charge in [-0.15, -0.1) is 0 Å². The van der Waals surface area contributed by atoms with E-state index in [9.17, 15) is 4.79 Å². The van der Waals surface area contributed by atoms with Crippen LogP contribution in [0.2, 0.25) is 5.02 Å². The van der Waals surface area contributed by atoms with Crippen molar-refractivity contribution in [3.05, 3.63) is 64.9 Å². The first kappa shape index (κ1) is 14.6. The Morgan fingerprint density at radius 2 is 1.91 bits per heavy atom. The number of hydrogen-bond acceptors (Lipinski definition) is 2. The minimum atomic E-state index is -0.0984. The highest BCUT2D eigenvalue weighted by molar-refractivity contribution is 6.30. The third kappa shape index (κ3) is 2.97. The summed E-state index contributed by atoms with van der Waals surface area (Å²) in [6, 6.07) is 14.9. The molecular weight excluding hydrogens is 298 g/mol. The highest BCUT2D eigenvalue weighted by Crippen LogP contribution is 2.15. The molecule has 2 aromatic carbocycles. The fourth-order valence-corrected chi connectivity index (χ4v) is 2.59. The van der Waals surface area contributed by atoms with Crippen LogP contribution >= 0.6 is 11.6 Å². The lowest BCUT2D eigenvalue weighted by atomic mass is 10.2. The SMILES string of the molecule is Cc1nc2ccccc2n1CCNC(=O)c1ccc(Cl)cc1. The van der Waals surface area contributed by atoms with Gasteiger partial charge in [-0.05, 0) is 43.3 Å². The van der Waals surface area contributed by atoms with Crippen LogP contribution < -0.4 is 5.32 Å². The van der Waals surface area contributed by atoms with Gasteiger partial charge >= 0.3 is 0 Å². The van der Waals surface area contributed by atoms with Crippen LogP contribution in [0.1, 0.15) is 16.2 Å². The van der Waals surface area contributed by atoms with Crippen LogP contribution in [0.5, 0.6) is 0 Å². The summed E-state index contributed by atoms with van der Waals surface area (Å²) in [6.45, 7) is 3.20. The highest BCUT2D eigenvalue weighted by Gasteiger charge is 2.08. The van der Waals surface area contributed by atoms with Crippen molar-refractivity contribution in [2.24, 2.45) is 0 Å². The second-order valence-electron chi connectivity index (χ2n) is 5.06. The van der Waals surface area contributed by atoms with Crippen LogP contribution in [-0.2, 0) is 6.54 Å². The molecule has 3 aromatic rings. The fraction of sp³-hybridized carbons (Fsp3) is 0.176. The Morgan fingerprint density at radius 3 is 2.68 bits per heavy atom. The van der Waals surface area contributed by atoms with E-state index in [1.807, 2.05) is 31.2 Å². The minimum Gasteiger partial charge on any atom is -0.350 e. The molecule has 0 spiro atoms. The van der Waals surface area contributed by atoms with Crippen LogP contribution in [0.15, 0.2) is 48.5 Å². The Morgan fingerprint density at radius 1 is 1.18 bits per heavy atom. The number of halogens is 1. The molecule has 0 unspecified atom stereocenters. The lowest BCUT2D eigenvalue weighted by Gasteiger charge is -2.08. The monoisotopic (exact) mass is 313 g/mol. The molecule has 0 saturated carbocycles. The quantitative estimate of drug-likeness (QED) is 0.802. The van der Waals surface area contributed by atoms with Crippen molar-refractivity contribution in [1.82, 2.24) is 14.9 Å². The van der Waals surface area contributed by atoms with E-state index in [0.29, 0.717) is 23.7 Å². The molecule has 0 fully saturated rings. The molecule has 22 heavy (non-hydrogen) atoms. The Kier molecular flexibility index (Phi) is 4.11. The highest BCUT2D eigenvalue weighted by atomic mass is 35.5. The van der Waals surface area contributed by atoms with E-state index in [1.54, 1.807) is 24.3 Å². The summed E-state index contributed by atoms with van der Waals surface area (Å²) in [5, 5.41) is 3.54. The molecule has 0 radical (unpaired) electrons. The Hall–Kier alpha value is -2.33. The molecule has 1 N–H and O–H groups in total. The Bertz CT molecular complexity index is 808. The van der Waals surface area contributed by atoms with E-state index >= 15 is 0 Å². The van der Waals surface area contributed by atoms with Gasteiger partial charge < -0.3 is 9.88 Å². The number of nitrogens with zero attached hydrogens (tertiary/aromatic N) is 2. The molecule has 1 amide bonds. The van der Waals surface area contributed by atoms with E-state index < -0.39 is 0 Å². The van der Waals surface area contributed by atoms with E-state index in [1.165, 1.54) is 0 Å². The smallest absolute Gasteiger partial charge is 0.251 e. The molecule has 0 aliphatic heterocycles. The van der Waals surface area contributed by atoms with E-state index in [2.05, 4.69) is 14.9 Å². The predicted molar refractivity (Wildman–Crippen MR) is 88.3 cm³/mol. The van der Waals surface area contributed by atoms with Crippen LogP contribution in [0.4, 0.5) is 0 Å². The molecule has 0 saturated heterocycles. The van der Waals surface area contributed by atoms with Gasteiger partial charge in [-0.25, -0.2) is 4.98 Å². The van der Waals surface area contributed by atoms with E-state index in [-0.39, 0.29) is 5.91 Å². The van der Waals surface area contributed by atoms with Crippen molar-refractivity contribution in [1.29, 1.82) is 0 Å². The van der Waals surface area contributed by atoms with Crippen molar-refractivity contribution < 1.29 is 4.79 Å². The molecule has 5 heteroatoms. The Labute approximate surface area is 133 Å². The lowest BCUT2D eigenvalue weighted by molar-refractivity contribution is 0.0952. The zero-order chi connectivity index (χ0) is 15.5. The second-order valence-corrected chi connectivity index (χ2v) is 5.50. The molecule has 0 bridgehead atoms. The predicted octanol–water partition coefficient (Wildman–Crippen LogP) is 3.43. The summed E-state index contributed by atoms with van der Waals surface area (Å²) in [5.41, 5.74) is 2.67. The first-order valence-corrected chi connectivity index (χ1v) is 7.48. The number of aromatic nitrogens is 2. The molecule has 1 heterocycles. The van der Waals surface area contributed by atoms with Crippen molar-refractivity contribution in [2.75, 3.05) is 6.54 Å². The number of benzene rings is 2. The molecule has 0 aliphatic rings. The van der Waals surface area contributed by atoms with Crippen molar-refractivity contribution in [3.63, 3.8) is 0 Å². The van der Waals surface area contributed by atoms with Crippen molar-refractivity contribution >= 4 is 28.5 Å². The third-order valence-corrected chi connectivity index (χ3v) is 3.82. The summed E-state index contributed by atoms with van der Waals surface area (Å²) >= 11 is 5.82. The molecule has 3 rings (SSSR count). The van der Waals surface area contributed by atoms with Crippen LogP contribution in [0.25, 0.3) is 11.0 Å². The van der Waals surface area contributed by atoms with Crippen LogP contribution in [0, 0.1) is 6.92 Å². The van der Waals surface area contributed by atoms with Gasteiger partial charge in [0.15, 0.2) is 0 Å². The first-order chi connectivity index (χ1) is 10.6. The number of imidazole rings is 1. The maximum Gasteiger partial charge on any atom is 0.251 e. The van der Waals surface area contributed by atoms with E-state index in [0.717, 1.165) is 16.9 Å². The van der Waals surface area contributed by atoms with Crippen LogP contribution in [-0.4, -0.2) is 22.0 Å². The van der Waals surface area contributed by atoms with Gasteiger partial charge in [0.05, 0.1) is 11.0 Å². The summed E-state index contributed by atoms with van der Waals surface area (Å²) in [7, 11) is 0. The van der Waals surface area contributed by atoms with Gasteiger partial charge in [0.1, 0.15) is 5.82 Å². The maximum atomic E-state index is 12.1. The zero-order valence-electron chi connectivity index (χ0n) is 12.2. The maximum absolute atomic E-state index is 12.1. The fourth-order valence-electron chi connectivity index (χ4n) is 2.46. The second kappa shape index (κ2) is 6.20. The molecule has 0 aliphatic carbocycles. The number of rotatable bonds is 4. The van der Waals surface area contributed by atoms with Gasteiger partial charge in [0.25, 0.3) is 5.91 Å². The molecule has 112 valence electrons. The van der Waals surface area contributed by atoms with E-state index in [4.69, 9.17) is 11.6 Å². The molecule has 1 aromatic heterocycles. The van der Waals surface area contributed by atoms with Gasteiger partial charge in [-0.2, -0.15) is 0 Å². The number of nitrogens with one attached hydrogen (secondary N) is 1. The van der Waals surface area contributed by atoms with Gasteiger partial charge in [-0.1, -0.05) is 23.7 Å². The normalized spacial score (nSPS) is 10.8. The average molecular weight is 314 g/mol. The number of amides is 1. The topological polar surface area (TPSA) is 46.9 Å². The number of carbonyl (C=O) groups is 1. The standard InChI is InChI=1S/C17H16ClN3O/c1-12-20-15-4-2-3-5-16(15)21(12)11-10-19-17(22)13-6-8-14(18)9-7-13/h2-9H,10-11H2,1H3,(H,19,22). The lowest BCUT2D eigenvalue weighted by Crippen LogP contribution is -2.27. The number of fused-ring (bicyclic) bond motifs is 1. The zero-order valence-corrected chi connectivity index (χ0v) is 13.0. The summed E-state index contributed by atoms with van der Waals surface area (Å²) < 4.78 is 2.11. The number of hydrogen-bond donors (Lipinski definition) is 1. The minimum absolute atomic E-state index is 0.0984. The first-order valence-electron chi connectivity index (χ1n) is 7.11. The molecular formula is C17H16ClN3O. The summed E-state index contributed by atoms with van der Waals surface area (Å²) in [5.74, 6) is 0.848.